The van der Waals surface area contributed by atoms with E-state index in [0.29, 0.717) is 6.42 Å². The molecule has 0 saturated carbocycles. The molecule has 17 heavy (non-hydrogen) atoms. The molecule has 0 bridgehead atoms. The fourth-order valence-corrected chi connectivity index (χ4v) is 1.43. The summed E-state index contributed by atoms with van der Waals surface area (Å²) in [7, 11) is -4.24. The van der Waals surface area contributed by atoms with Crippen LogP contribution in [0.1, 0.15) is 33.6 Å². The van der Waals surface area contributed by atoms with E-state index in [2.05, 4.69) is 19.1 Å². The lowest BCUT2D eigenvalue weighted by Gasteiger charge is -2.13. The summed E-state index contributed by atoms with van der Waals surface area (Å²) in [5.74, 6) is -1.70. The first-order valence-corrected chi connectivity index (χ1v) is 6.34. The first kappa shape index (κ1) is 16.1. The Hall–Kier alpha value is -0.950. The zero-order chi connectivity index (χ0) is 13.3. The van der Waals surface area contributed by atoms with Crippen LogP contribution in [0.15, 0.2) is 0 Å². The highest BCUT2D eigenvalue weighted by Crippen LogP contribution is 2.50. The second-order valence-electron chi connectivity index (χ2n) is 2.93. The Morgan fingerprint density at radius 1 is 1.06 bits per heavy atom. The van der Waals surface area contributed by atoms with Crippen LogP contribution in [0.2, 0.25) is 0 Å². The largest absolute Gasteiger partial charge is 0.547 e. The lowest BCUT2D eigenvalue weighted by Crippen LogP contribution is -2.07. The SMILES string of the molecule is CCCCOP(=O)(OOC(C)=O)OOC(C)=O. The number of unbranched alkanes of at least 4 members (excludes halogenated alkanes) is 1. The quantitative estimate of drug-likeness (QED) is 0.285. The molecule has 0 aliphatic rings. The van der Waals surface area contributed by atoms with Crippen molar-refractivity contribution in [2.24, 2.45) is 0 Å². The Bertz CT molecular complexity index is 280. The van der Waals surface area contributed by atoms with Crippen LogP contribution in [-0.2, 0) is 37.8 Å². The van der Waals surface area contributed by atoms with Gasteiger partial charge in [-0.05, 0) is 6.42 Å². The molecule has 0 radical (unpaired) electrons. The molecule has 100 valence electrons. The summed E-state index contributed by atoms with van der Waals surface area (Å²) in [6, 6.07) is 0. The molecule has 0 spiro atoms. The van der Waals surface area contributed by atoms with Gasteiger partial charge in [-0.2, -0.15) is 0 Å². The molecule has 8 nitrogen and oxygen atoms in total. The molecule has 0 aromatic heterocycles. The lowest BCUT2D eigenvalue weighted by atomic mass is 10.4. The summed E-state index contributed by atoms with van der Waals surface area (Å²) in [4.78, 5) is 29.0. The summed E-state index contributed by atoms with van der Waals surface area (Å²) in [6.07, 6.45) is 1.36. The Labute approximate surface area is 98.6 Å². The smallest absolute Gasteiger partial charge is 0.288 e. The van der Waals surface area contributed by atoms with Crippen LogP contribution in [0.4, 0.5) is 0 Å². The summed E-state index contributed by atoms with van der Waals surface area (Å²) < 4.78 is 24.7. The Balaban J connectivity index is 4.28. The van der Waals surface area contributed by atoms with E-state index in [-0.39, 0.29) is 6.61 Å². The maximum atomic E-state index is 11.7. The van der Waals surface area contributed by atoms with Gasteiger partial charge in [0.05, 0.1) is 6.61 Å². The van der Waals surface area contributed by atoms with Crippen LogP contribution >= 0.6 is 7.82 Å². The van der Waals surface area contributed by atoms with Crippen molar-refractivity contribution in [3.63, 3.8) is 0 Å². The fraction of sp³-hybridized carbons (Fsp3) is 0.750. The molecule has 0 heterocycles. The summed E-state index contributed by atoms with van der Waals surface area (Å²) in [5.41, 5.74) is 0. The van der Waals surface area contributed by atoms with Crippen LogP contribution in [0, 0.1) is 0 Å². The molecule has 0 aliphatic carbocycles. The van der Waals surface area contributed by atoms with Gasteiger partial charge >= 0.3 is 19.8 Å². The molecule has 0 rings (SSSR count). The van der Waals surface area contributed by atoms with Crippen LogP contribution < -0.4 is 0 Å². The van der Waals surface area contributed by atoms with Crippen molar-refractivity contribution in [1.82, 2.24) is 0 Å². The van der Waals surface area contributed by atoms with Crippen molar-refractivity contribution >= 4 is 19.8 Å². The normalized spacial score (nSPS) is 11.0. The molecule has 0 saturated heterocycles. The van der Waals surface area contributed by atoms with Crippen LogP contribution in [-0.4, -0.2) is 18.5 Å². The minimum atomic E-state index is -4.24. The van der Waals surface area contributed by atoms with Crippen molar-refractivity contribution in [3.8, 4) is 0 Å². The third kappa shape index (κ3) is 8.82. The van der Waals surface area contributed by atoms with Gasteiger partial charge in [0.15, 0.2) is 0 Å². The minimum absolute atomic E-state index is 0.0380. The first-order valence-electron chi connectivity index (χ1n) is 4.88. The van der Waals surface area contributed by atoms with Gasteiger partial charge < -0.3 is 0 Å². The monoisotopic (exact) mass is 270 g/mol. The van der Waals surface area contributed by atoms with Gasteiger partial charge in [0.2, 0.25) is 0 Å². The number of carbonyl (C=O) groups excluding carboxylic acids is 2. The summed E-state index contributed by atoms with van der Waals surface area (Å²) in [5, 5.41) is 0. The van der Waals surface area contributed by atoms with Crippen molar-refractivity contribution in [3.05, 3.63) is 0 Å². The molecule has 0 atom stereocenters. The number of carbonyl (C=O) groups is 2. The first-order chi connectivity index (χ1) is 7.89. The van der Waals surface area contributed by atoms with Gasteiger partial charge in [-0.3, -0.25) is 14.3 Å². The Morgan fingerprint density at radius 2 is 1.53 bits per heavy atom. The molecule has 0 aromatic carbocycles. The number of rotatable bonds is 8. The van der Waals surface area contributed by atoms with E-state index in [1.165, 1.54) is 0 Å². The van der Waals surface area contributed by atoms with Gasteiger partial charge in [-0.15, -0.1) is 0 Å². The summed E-state index contributed by atoms with van der Waals surface area (Å²) >= 11 is 0. The van der Waals surface area contributed by atoms with Crippen molar-refractivity contribution < 1.29 is 37.8 Å². The number of hydrogen-bond donors (Lipinski definition) is 0. The lowest BCUT2D eigenvalue weighted by molar-refractivity contribution is -0.260. The zero-order valence-corrected chi connectivity index (χ0v) is 10.7. The molecular weight excluding hydrogens is 255 g/mol. The Kier molecular flexibility index (Phi) is 7.73. The highest BCUT2D eigenvalue weighted by Gasteiger charge is 2.33. The van der Waals surface area contributed by atoms with E-state index in [9.17, 15) is 14.2 Å². The van der Waals surface area contributed by atoms with E-state index in [0.717, 1.165) is 20.3 Å². The van der Waals surface area contributed by atoms with Gasteiger partial charge in [-0.1, -0.05) is 22.7 Å². The standard InChI is InChI=1S/C8H15O8P/c1-4-5-6-12-17(11,15-13-7(2)9)16-14-8(3)10/h4-6H2,1-3H3. The molecule has 0 amide bonds. The molecule has 0 N–H and O–H groups in total. The summed E-state index contributed by atoms with van der Waals surface area (Å²) in [6.45, 7) is 3.98. The third-order valence-corrected chi connectivity index (χ3v) is 2.25. The maximum Gasteiger partial charge on any atom is 0.547 e. The second-order valence-corrected chi connectivity index (χ2v) is 4.38. The fourth-order valence-electron chi connectivity index (χ4n) is 0.572. The van der Waals surface area contributed by atoms with Crippen molar-refractivity contribution in [1.29, 1.82) is 0 Å². The van der Waals surface area contributed by atoms with E-state index in [1.807, 2.05) is 6.92 Å². The maximum absolute atomic E-state index is 11.7. The highest BCUT2D eigenvalue weighted by atomic mass is 31.2. The van der Waals surface area contributed by atoms with Gasteiger partial charge in [-0.25, -0.2) is 14.2 Å². The van der Waals surface area contributed by atoms with E-state index < -0.39 is 19.8 Å². The predicted octanol–water partition coefficient (Wildman–Crippen LogP) is 1.90. The molecule has 0 aliphatic heterocycles. The predicted molar refractivity (Wildman–Crippen MR) is 54.2 cm³/mol. The number of hydrogen-bond acceptors (Lipinski definition) is 8. The minimum Gasteiger partial charge on any atom is -0.288 e. The third-order valence-electron chi connectivity index (χ3n) is 1.24. The van der Waals surface area contributed by atoms with E-state index in [4.69, 9.17) is 4.52 Å². The molecule has 0 unspecified atom stereocenters. The zero-order valence-electron chi connectivity index (χ0n) is 9.83. The van der Waals surface area contributed by atoms with Crippen molar-refractivity contribution in [2.45, 2.75) is 33.6 Å². The second kappa shape index (κ2) is 8.19. The van der Waals surface area contributed by atoms with Crippen LogP contribution in [0.5, 0.6) is 0 Å². The van der Waals surface area contributed by atoms with Crippen LogP contribution in [0.25, 0.3) is 0 Å². The van der Waals surface area contributed by atoms with Crippen LogP contribution in [0.3, 0.4) is 0 Å². The molecule has 9 heteroatoms. The topological polar surface area (TPSA) is 97.4 Å². The van der Waals surface area contributed by atoms with Gasteiger partial charge in [0, 0.05) is 13.8 Å². The average molecular weight is 270 g/mol. The highest BCUT2D eigenvalue weighted by molar-refractivity contribution is 7.48. The molecular formula is C8H15O8P. The Morgan fingerprint density at radius 3 is 1.88 bits per heavy atom. The van der Waals surface area contributed by atoms with Gasteiger partial charge in [0.25, 0.3) is 0 Å². The van der Waals surface area contributed by atoms with Crippen molar-refractivity contribution in [2.75, 3.05) is 6.61 Å². The molecule has 0 fully saturated rings. The average Bonchev–Trinajstić information content (AvgIpc) is 2.24. The molecule has 0 aromatic rings. The van der Waals surface area contributed by atoms with E-state index >= 15 is 0 Å². The van der Waals surface area contributed by atoms with Gasteiger partial charge in [0.1, 0.15) is 0 Å². The number of phosphoric acid groups is 1. The van der Waals surface area contributed by atoms with E-state index in [1.54, 1.807) is 0 Å².